The first kappa shape index (κ1) is 19.4. The molecule has 0 amide bonds. The minimum atomic E-state index is -0.730. The molecule has 0 aliphatic carbocycles. The number of aliphatic carboxylic acids is 1. The molecule has 2 N–H and O–H groups in total. The van der Waals surface area contributed by atoms with Gasteiger partial charge >= 0.3 is 5.97 Å². The van der Waals surface area contributed by atoms with Crippen molar-refractivity contribution >= 4 is 5.97 Å². The molecular weight excluding hydrogens is 250 g/mol. The van der Waals surface area contributed by atoms with Crippen molar-refractivity contribution in [1.29, 1.82) is 0 Å². The van der Waals surface area contributed by atoms with E-state index in [0.717, 1.165) is 13.0 Å². The first-order chi connectivity index (χ1) is 9.59. The Hall–Kier alpha value is -0.570. The van der Waals surface area contributed by atoms with Gasteiger partial charge < -0.3 is 10.4 Å². The number of unbranched alkanes of at least 4 members (excludes halogenated alkanes) is 9. The van der Waals surface area contributed by atoms with Gasteiger partial charge in [-0.3, -0.25) is 4.79 Å². The van der Waals surface area contributed by atoms with Crippen molar-refractivity contribution in [2.75, 3.05) is 6.54 Å². The Morgan fingerprint density at radius 1 is 0.900 bits per heavy atom. The summed E-state index contributed by atoms with van der Waals surface area (Å²) in [5, 5.41) is 12.2. The second kappa shape index (κ2) is 13.4. The zero-order valence-electron chi connectivity index (χ0n) is 13.8. The fourth-order valence-electron chi connectivity index (χ4n) is 2.48. The van der Waals surface area contributed by atoms with Crippen molar-refractivity contribution < 1.29 is 9.90 Å². The van der Waals surface area contributed by atoms with E-state index in [-0.39, 0.29) is 5.92 Å². The van der Waals surface area contributed by atoms with Crippen LogP contribution >= 0.6 is 0 Å². The van der Waals surface area contributed by atoms with E-state index in [1.807, 2.05) is 13.8 Å². The molecule has 0 aromatic carbocycles. The number of nitrogens with one attached hydrogen (secondary N) is 1. The molecule has 0 saturated heterocycles. The van der Waals surface area contributed by atoms with Crippen LogP contribution in [0.4, 0.5) is 0 Å². The Labute approximate surface area is 125 Å². The van der Waals surface area contributed by atoms with Gasteiger partial charge in [-0.1, -0.05) is 78.6 Å². The summed E-state index contributed by atoms with van der Waals surface area (Å²) in [5.41, 5.74) is 0. The summed E-state index contributed by atoms with van der Waals surface area (Å²) in [6, 6.07) is -0.395. The van der Waals surface area contributed by atoms with Gasteiger partial charge in [0.2, 0.25) is 0 Å². The van der Waals surface area contributed by atoms with E-state index in [4.69, 9.17) is 5.11 Å². The summed E-state index contributed by atoms with van der Waals surface area (Å²) in [4.78, 5) is 11.0. The first-order valence-corrected chi connectivity index (χ1v) is 8.55. The normalized spacial score (nSPS) is 12.8. The standard InChI is InChI=1S/C17H35NO2/c1-4-5-6-7-8-9-10-11-12-13-14-18-16(15(2)3)17(19)20/h15-16,18H,4-14H2,1-3H3,(H,19,20)/t16-/m0/s1. The lowest BCUT2D eigenvalue weighted by Gasteiger charge is -2.17. The number of hydrogen-bond acceptors (Lipinski definition) is 2. The van der Waals surface area contributed by atoms with Crippen LogP contribution in [0.5, 0.6) is 0 Å². The average Bonchev–Trinajstić information content (AvgIpc) is 2.39. The van der Waals surface area contributed by atoms with E-state index in [1.165, 1.54) is 57.8 Å². The number of carboxylic acids is 1. The summed E-state index contributed by atoms with van der Waals surface area (Å²) in [6.45, 7) is 6.97. The van der Waals surface area contributed by atoms with Crippen LogP contribution in [0.1, 0.15) is 85.0 Å². The van der Waals surface area contributed by atoms with Gasteiger partial charge in [0.15, 0.2) is 0 Å². The van der Waals surface area contributed by atoms with E-state index in [9.17, 15) is 4.79 Å². The SMILES string of the molecule is CCCCCCCCCCCCN[C@H](C(=O)O)C(C)C. The third kappa shape index (κ3) is 11.3. The maximum atomic E-state index is 11.0. The zero-order valence-corrected chi connectivity index (χ0v) is 13.8. The number of carbonyl (C=O) groups is 1. The van der Waals surface area contributed by atoms with Crippen LogP contribution < -0.4 is 5.32 Å². The quantitative estimate of drug-likeness (QED) is 0.458. The Morgan fingerprint density at radius 3 is 1.75 bits per heavy atom. The van der Waals surface area contributed by atoms with Crippen LogP contribution in [-0.4, -0.2) is 23.7 Å². The van der Waals surface area contributed by atoms with Crippen molar-refractivity contribution in [3.8, 4) is 0 Å². The van der Waals surface area contributed by atoms with Crippen LogP contribution in [0.3, 0.4) is 0 Å². The van der Waals surface area contributed by atoms with Crippen molar-refractivity contribution in [3.05, 3.63) is 0 Å². The van der Waals surface area contributed by atoms with Gasteiger partial charge in [0.1, 0.15) is 6.04 Å². The predicted octanol–water partition coefficient (Wildman–Crippen LogP) is 4.61. The Balaban J connectivity index is 3.29. The minimum absolute atomic E-state index is 0.149. The molecule has 3 nitrogen and oxygen atoms in total. The summed E-state index contributed by atoms with van der Waals surface area (Å²) < 4.78 is 0. The van der Waals surface area contributed by atoms with Gasteiger partial charge in [0, 0.05) is 0 Å². The van der Waals surface area contributed by atoms with E-state index < -0.39 is 12.0 Å². The summed E-state index contributed by atoms with van der Waals surface area (Å²) in [5.74, 6) is -0.581. The number of hydrogen-bond donors (Lipinski definition) is 2. The van der Waals surface area contributed by atoms with Gasteiger partial charge in [0.05, 0.1) is 0 Å². The highest BCUT2D eigenvalue weighted by atomic mass is 16.4. The minimum Gasteiger partial charge on any atom is -0.480 e. The molecule has 0 unspecified atom stereocenters. The van der Waals surface area contributed by atoms with E-state index >= 15 is 0 Å². The van der Waals surface area contributed by atoms with Crippen LogP contribution in [0.15, 0.2) is 0 Å². The zero-order chi connectivity index (χ0) is 15.2. The lowest BCUT2D eigenvalue weighted by Crippen LogP contribution is -2.41. The number of carboxylic acid groups (broad SMARTS) is 1. The highest BCUT2D eigenvalue weighted by Gasteiger charge is 2.19. The average molecular weight is 285 g/mol. The van der Waals surface area contributed by atoms with Crippen molar-refractivity contribution in [2.45, 2.75) is 91.0 Å². The first-order valence-electron chi connectivity index (χ1n) is 8.55. The molecule has 0 radical (unpaired) electrons. The molecule has 0 fully saturated rings. The Morgan fingerprint density at radius 2 is 1.35 bits per heavy atom. The molecule has 1 atom stereocenters. The molecule has 0 bridgehead atoms. The lowest BCUT2D eigenvalue weighted by molar-refractivity contribution is -0.140. The fourth-order valence-corrected chi connectivity index (χ4v) is 2.48. The molecular formula is C17H35NO2. The third-order valence-corrected chi connectivity index (χ3v) is 3.83. The summed E-state index contributed by atoms with van der Waals surface area (Å²) in [6.07, 6.45) is 13.2. The summed E-state index contributed by atoms with van der Waals surface area (Å²) in [7, 11) is 0. The third-order valence-electron chi connectivity index (χ3n) is 3.83. The van der Waals surface area contributed by atoms with Gasteiger partial charge in [-0.15, -0.1) is 0 Å². The molecule has 0 aromatic rings. The lowest BCUT2D eigenvalue weighted by atomic mass is 10.0. The van der Waals surface area contributed by atoms with Crippen molar-refractivity contribution in [1.82, 2.24) is 5.32 Å². The van der Waals surface area contributed by atoms with Crippen molar-refractivity contribution in [2.24, 2.45) is 5.92 Å². The van der Waals surface area contributed by atoms with E-state index in [2.05, 4.69) is 12.2 Å². The second-order valence-electron chi connectivity index (χ2n) is 6.20. The maximum Gasteiger partial charge on any atom is 0.320 e. The van der Waals surface area contributed by atoms with Gasteiger partial charge in [-0.05, 0) is 18.9 Å². The fraction of sp³-hybridized carbons (Fsp3) is 0.941. The van der Waals surface area contributed by atoms with Crippen LogP contribution in [0, 0.1) is 5.92 Å². The predicted molar refractivity (Wildman–Crippen MR) is 86.1 cm³/mol. The summed E-state index contributed by atoms with van der Waals surface area (Å²) >= 11 is 0. The van der Waals surface area contributed by atoms with Gasteiger partial charge in [-0.25, -0.2) is 0 Å². The smallest absolute Gasteiger partial charge is 0.320 e. The Kier molecular flexibility index (Phi) is 13.0. The molecule has 0 aliphatic rings. The Bertz CT molecular complexity index is 229. The molecule has 3 heteroatoms. The monoisotopic (exact) mass is 285 g/mol. The molecule has 0 saturated carbocycles. The molecule has 0 aliphatic heterocycles. The molecule has 20 heavy (non-hydrogen) atoms. The van der Waals surface area contributed by atoms with Crippen LogP contribution in [0.2, 0.25) is 0 Å². The highest BCUT2D eigenvalue weighted by Crippen LogP contribution is 2.10. The molecule has 120 valence electrons. The van der Waals surface area contributed by atoms with E-state index in [1.54, 1.807) is 0 Å². The molecule has 0 spiro atoms. The van der Waals surface area contributed by atoms with Crippen molar-refractivity contribution in [3.63, 3.8) is 0 Å². The van der Waals surface area contributed by atoms with Gasteiger partial charge in [-0.2, -0.15) is 0 Å². The van der Waals surface area contributed by atoms with E-state index in [0.29, 0.717) is 0 Å². The number of rotatable bonds is 14. The van der Waals surface area contributed by atoms with Crippen LogP contribution in [0.25, 0.3) is 0 Å². The maximum absolute atomic E-state index is 11.0. The second-order valence-corrected chi connectivity index (χ2v) is 6.20. The topological polar surface area (TPSA) is 49.3 Å². The highest BCUT2D eigenvalue weighted by molar-refractivity contribution is 5.73. The van der Waals surface area contributed by atoms with Gasteiger partial charge in [0.25, 0.3) is 0 Å². The largest absolute Gasteiger partial charge is 0.480 e. The van der Waals surface area contributed by atoms with Crippen LogP contribution in [-0.2, 0) is 4.79 Å². The molecule has 0 rings (SSSR count). The molecule has 0 heterocycles. The molecule has 0 aromatic heterocycles.